The molecule has 1 heterocycles. The second-order valence-electron chi connectivity index (χ2n) is 5.51. The van der Waals surface area contributed by atoms with Crippen molar-refractivity contribution in [3.05, 3.63) is 18.3 Å². The highest BCUT2D eigenvalue weighted by atomic mass is 32.2. The van der Waals surface area contributed by atoms with E-state index >= 15 is 0 Å². The van der Waals surface area contributed by atoms with Gasteiger partial charge in [0.15, 0.2) is 0 Å². The van der Waals surface area contributed by atoms with Gasteiger partial charge in [-0.15, -0.1) is 0 Å². The van der Waals surface area contributed by atoms with Gasteiger partial charge in [-0.3, -0.25) is 0 Å². The second-order valence-corrected chi connectivity index (χ2v) is 7.24. The van der Waals surface area contributed by atoms with Gasteiger partial charge in [-0.05, 0) is 23.5 Å². The molecule has 6 heteroatoms. The SMILES string of the molecule is CC(CNS(=O)(=O)c1cccnc1N)C(C)(C)C. The summed E-state index contributed by atoms with van der Waals surface area (Å²) in [5.74, 6) is 0.235. The number of nitrogen functional groups attached to an aromatic ring is 1. The quantitative estimate of drug-likeness (QED) is 0.871. The van der Waals surface area contributed by atoms with Crippen molar-refractivity contribution in [2.45, 2.75) is 32.6 Å². The molecule has 0 amide bonds. The van der Waals surface area contributed by atoms with E-state index in [1.54, 1.807) is 6.07 Å². The van der Waals surface area contributed by atoms with Crippen molar-refractivity contribution in [2.75, 3.05) is 12.3 Å². The third kappa shape index (κ3) is 3.68. The van der Waals surface area contributed by atoms with Gasteiger partial charge >= 0.3 is 0 Å². The van der Waals surface area contributed by atoms with Gasteiger partial charge in [0.25, 0.3) is 0 Å². The van der Waals surface area contributed by atoms with Crippen molar-refractivity contribution in [2.24, 2.45) is 11.3 Å². The topological polar surface area (TPSA) is 85.1 Å². The molecule has 0 saturated heterocycles. The van der Waals surface area contributed by atoms with Crippen LogP contribution in [0.3, 0.4) is 0 Å². The predicted molar refractivity (Wildman–Crippen MR) is 72.5 cm³/mol. The fourth-order valence-corrected chi connectivity index (χ4v) is 2.46. The first kappa shape index (κ1) is 14.9. The lowest BCUT2D eigenvalue weighted by Crippen LogP contribution is -2.34. The second kappa shape index (κ2) is 5.24. The molecule has 0 aliphatic rings. The highest BCUT2D eigenvalue weighted by molar-refractivity contribution is 7.89. The van der Waals surface area contributed by atoms with E-state index in [2.05, 4.69) is 30.5 Å². The van der Waals surface area contributed by atoms with E-state index in [9.17, 15) is 8.42 Å². The van der Waals surface area contributed by atoms with Crippen LogP contribution in [-0.2, 0) is 10.0 Å². The molecule has 1 aromatic heterocycles. The molecule has 18 heavy (non-hydrogen) atoms. The Bertz CT molecular complexity index is 506. The summed E-state index contributed by atoms with van der Waals surface area (Å²) in [5.41, 5.74) is 5.61. The summed E-state index contributed by atoms with van der Waals surface area (Å²) >= 11 is 0. The summed E-state index contributed by atoms with van der Waals surface area (Å²) in [6.45, 7) is 8.61. The summed E-state index contributed by atoms with van der Waals surface area (Å²) < 4.78 is 26.7. The zero-order chi connectivity index (χ0) is 14.0. The van der Waals surface area contributed by atoms with Gasteiger partial charge in [-0.1, -0.05) is 27.7 Å². The smallest absolute Gasteiger partial charge is 0.244 e. The van der Waals surface area contributed by atoms with E-state index < -0.39 is 10.0 Å². The number of nitrogens with one attached hydrogen (secondary N) is 1. The van der Waals surface area contributed by atoms with Crippen LogP contribution in [0.2, 0.25) is 0 Å². The zero-order valence-corrected chi connectivity index (χ0v) is 12.1. The monoisotopic (exact) mass is 271 g/mol. The van der Waals surface area contributed by atoms with E-state index in [0.717, 1.165) is 0 Å². The number of aromatic nitrogens is 1. The molecule has 3 N–H and O–H groups in total. The van der Waals surface area contributed by atoms with Gasteiger partial charge in [-0.25, -0.2) is 18.1 Å². The Labute approximate surface area is 109 Å². The lowest BCUT2D eigenvalue weighted by molar-refractivity contribution is 0.263. The van der Waals surface area contributed by atoms with Crippen molar-refractivity contribution in [1.82, 2.24) is 9.71 Å². The van der Waals surface area contributed by atoms with Crippen molar-refractivity contribution >= 4 is 15.8 Å². The first-order valence-corrected chi connectivity index (χ1v) is 7.33. The minimum atomic E-state index is -3.58. The Morgan fingerprint density at radius 3 is 2.56 bits per heavy atom. The molecule has 1 atom stereocenters. The maximum Gasteiger partial charge on any atom is 0.244 e. The lowest BCUT2D eigenvalue weighted by Gasteiger charge is -2.27. The fraction of sp³-hybridized carbons (Fsp3) is 0.583. The van der Waals surface area contributed by atoms with E-state index in [1.807, 2.05) is 6.92 Å². The Morgan fingerprint density at radius 1 is 1.44 bits per heavy atom. The van der Waals surface area contributed by atoms with Crippen LogP contribution in [0.4, 0.5) is 5.82 Å². The molecule has 1 rings (SSSR count). The van der Waals surface area contributed by atoms with Crippen LogP contribution >= 0.6 is 0 Å². The third-order valence-corrected chi connectivity index (χ3v) is 4.62. The third-order valence-electron chi connectivity index (χ3n) is 3.15. The van der Waals surface area contributed by atoms with Crippen LogP contribution in [0.1, 0.15) is 27.7 Å². The molecular weight excluding hydrogens is 250 g/mol. The largest absolute Gasteiger partial charge is 0.383 e. The molecule has 0 bridgehead atoms. The number of pyridine rings is 1. The molecule has 0 radical (unpaired) electrons. The molecule has 1 aromatic rings. The minimum absolute atomic E-state index is 0.0217. The first-order chi connectivity index (χ1) is 8.14. The number of nitrogens with zero attached hydrogens (tertiary/aromatic N) is 1. The van der Waals surface area contributed by atoms with Gasteiger partial charge in [-0.2, -0.15) is 0 Å². The molecule has 0 aliphatic heterocycles. The number of hydrogen-bond donors (Lipinski definition) is 2. The van der Waals surface area contributed by atoms with Crippen molar-refractivity contribution in [1.29, 1.82) is 0 Å². The molecule has 5 nitrogen and oxygen atoms in total. The molecule has 0 aromatic carbocycles. The normalized spacial score (nSPS) is 14.4. The standard InChI is InChI=1S/C12H21N3O2S/c1-9(12(2,3)4)8-15-18(16,17)10-6-5-7-14-11(10)13/h5-7,9,15H,8H2,1-4H3,(H2,13,14). The summed E-state index contributed by atoms with van der Waals surface area (Å²) in [7, 11) is -3.58. The number of rotatable bonds is 4. The molecule has 0 fully saturated rings. The summed E-state index contributed by atoms with van der Waals surface area (Å²) in [6, 6.07) is 3.00. The highest BCUT2D eigenvalue weighted by Gasteiger charge is 2.23. The van der Waals surface area contributed by atoms with Crippen LogP contribution in [0, 0.1) is 11.3 Å². The van der Waals surface area contributed by atoms with Gasteiger partial charge in [0.05, 0.1) is 0 Å². The zero-order valence-electron chi connectivity index (χ0n) is 11.3. The van der Waals surface area contributed by atoms with E-state index in [4.69, 9.17) is 5.73 Å². The Kier molecular flexibility index (Phi) is 4.34. The maximum atomic E-state index is 12.1. The Morgan fingerprint density at radius 2 is 2.06 bits per heavy atom. The number of anilines is 1. The molecule has 0 aliphatic carbocycles. The molecular formula is C12H21N3O2S. The van der Waals surface area contributed by atoms with Crippen LogP contribution in [0.25, 0.3) is 0 Å². The highest BCUT2D eigenvalue weighted by Crippen LogP contribution is 2.25. The Hall–Kier alpha value is -1.14. The molecule has 1 unspecified atom stereocenters. The summed E-state index contributed by atoms with van der Waals surface area (Å²) in [6.07, 6.45) is 1.46. The van der Waals surface area contributed by atoms with E-state index in [-0.39, 0.29) is 22.0 Å². The molecule has 102 valence electrons. The van der Waals surface area contributed by atoms with Crippen LogP contribution in [0.15, 0.2) is 23.2 Å². The number of sulfonamides is 1. The van der Waals surface area contributed by atoms with Gasteiger partial charge in [0.1, 0.15) is 10.7 Å². The van der Waals surface area contributed by atoms with Crippen LogP contribution < -0.4 is 10.5 Å². The van der Waals surface area contributed by atoms with Crippen molar-refractivity contribution in [3.8, 4) is 0 Å². The molecule has 0 saturated carbocycles. The van der Waals surface area contributed by atoms with E-state index in [1.165, 1.54) is 12.3 Å². The van der Waals surface area contributed by atoms with Crippen LogP contribution in [-0.4, -0.2) is 19.9 Å². The Balaban J connectivity index is 2.82. The number of nitrogens with two attached hydrogens (primary N) is 1. The summed E-state index contributed by atoms with van der Waals surface area (Å²) in [4.78, 5) is 3.81. The van der Waals surface area contributed by atoms with Crippen LogP contribution in [0.5, 0.6) is 0 Å². The number of hydrogen-bond acceptors (Lipinski definition) is 4. The molecule has 0 spiro atoms. The van der Waals surface area contributed by atoms with Crippen molar-refractivity contribution in [3.63, 3.8) is 0 Å². The van der Waals surface area contributed by atoms with Gasteiger partial charge in [0, 0.05) is 12.7 Å². The summed E-state index contributed by atoms with van der Waals surface area (Å²) in [5, 5.41) is 0. The average molecular weight is 271 g/mol. The van der Waals surface area contributed by atoms with Gasteiger partial charge < -0.3 is 5.73 Å². The van der Waals surface area contributed by atoms with Gasteiger partial charge in [0.2, 0.25) is 10.0 Å². The lowest BCUT2D eigenvalue weighted by atomic mass is 9.82. The minimum Gasteiger partial charge on any atom is -0.383 e. The van der Waals surface area contributed by atoms with Crippen molar-refractivity contribution < 1.29 is 8.42 Å². The maximum absolute atomic E-state index is 12.1. The predicted octanol–water partition coefficient (Wildman–Crippen LogP) is 1.62. The van der Waals surface area contributed by atoms with E-state index in [0.29, 0.717) is 6.54 Å². The fourth-order valence-electron chi connectivity index (χ4n) is 1.25. The first-order valence-electron chi connectivity index (χ1n) is 5.85. The average Bonchev–Trinajstić information content (AvgIpc) is 2.25.